The second-order valence-corrected chi connectivity index (χ2v) is 21.4. The highest BCUT2D eigenvalue weighted by molar-refractivity contribution is 5.78. The van der Waals surface area contributed by atoms with Gasteiger partial charge >= 0.3 is 0 Å². The van der Waals surface area contributed by atoms with Crippen molar-refractivity contribution in [1.29, 1.82) is 0 Å². The van der Waals surface area contributed by atoms with E-state index in [0.29, 0.717) is 37.2 Å². The maximum absolute atomic E-state index is 13.2. The van der Waals surface area contributed by atoms with Crippen molar-refractivity contribution >= 4 is 11.8 Å². The molecule has 8 heteroatoms. The zero-order valence-corrected chi connectivity index (χ0v) is 39.3. The lowest BCUT2D eigenvalue weighted by Gasteiger charge is -2.28. The summed E-state index contributed by atoms with van der Waals surface area (Å²) in [5.41, 5.74) is 9.62. The van der Waals surface area contributed by atoms with Gasteiger partial charge in [-0.2, -0.15) is 0 Å². The first-order valence-corrected chi connectivity index (χ1v) is 21.2. The highest BCUT2D eigenvalue weighted by atomic mass is 16.5. The lowest BCUT2D eigenvalue weighted by atomic mass is 9.79. The van der Waals surface area contributed by atoms with Crippen LogP contribution in [0.1, 0.15) is 150 Å². The molecule has 2 amide bonds. The van der Waals surface area contributed by atoms with Crippen molar-refractivity contribution in [3.63, 3.8) is 0 Å². The van der Waals surface area contributed by atoms with E-state index in [1.54, 1.807) is 28.2 Å². The fourth-order valence-corrected chi connectivity index (χ4v) is 7.54. The molecule has 1 aliphatic carbocycles. The summed E-state index contributed by atoms with van der Waals surface area (Å²) >= 11 is 0. The number of ether oxygens (including phenoxy) is 2. The molecule has 1 aliphatic rings. The average molecular weight is 819 g/mol. The number of carbonyl (C=O) groups is 2. The van der Waals surface area contributed by atoms with E-state index in [4.69, 9.17) is 9.47 Å². The number of phenols is 2. The van der Waals surface area contributed by atoms with Gasteiger partial charge < -0.3 is 29.5 Å². The minimum atomic E-state index is -0.260. The molecule has 0 heterocycles. The van der Waals surface area contributed by atoms with E-state index in [9.17, 15) is 19.8 Å². The Morgan fingerprint density at radius 2 is 0.633 bits per heavy atom. The van der Waals surface area contributed by atoms with Gasteiger partial charge in [0, 0.05) is 53.9 Å². The highest BCUT2D eigenvalue weighted by Gasteiger charge is 2.29. The molecule has 8 bridgehead atoms. The monoisotopic (exact) mass is 819 g/mol. The zero-order chi connectivity index (χ0) is 44.9. The third kappa shape index (κ3) is 10.5. The van der Waals surface area contributed by atoms with Crippen LogP contribution in [0.3, 0.4) is 0 Å². The summed E-state index contributed by atoms with van der Waals surface area (Å²) in [5, 5.41) is 24.6. The van der Waals surface area contributed by atoms with Gasteiger partial charge in [0.2, 0.25) is 0 Å². The van der Waals surface area contributed by atoms with E-state index in [1.807, 2.05) is 0 Å². The lowest BCUT2D eigenvalue weighted by Crippen LogP contribution is -2.28. The first-order chi connectivity index (χ1) is 27.5. The van der Waals surface area contributed by atoms with Crippen molar-refractivity contribution in [1.82, 2.24) is 9.80 Å². The third-order valence-electron chi connectivity index (χ3n) is 11.7. The summed E-state index contributed by atoms with van der Waals surface area (Å²) in [5.74, 6) is 1.18. The van der Waals surface area contributed by atoms with Gasteiger partial charge in [-0.25, -0.2) is 0 Å². The third-order valence-corrected chi connectivity index (χ3v) is 11.7. The number of hydrogen-bond acceptors (Lipinski definition) is 6. The Balaban J connectivity index is 1.97. The summed E-state index contributed by atoms with van der Waals surface area (Å²) in [6.07, 6.45) is 1.33. The van der Waals surface area contributed by atoms with Crippen LogP contribution in [0.4, 0.5) is 0 Å². The summed E-state index contributed by atoms with van der Waals surface area (Å²) in [4.78, 5) is 29.4. The molecule has 2 N–H and O–H groups in total. The molecule has 4 aromatic carbocycles. The number of rotatable bonds is 6. The number of hydrogen-bond donors (Lipinski definition) is 2. The Hall–Kier alpha value is -4.98. The molecular weight excluding hydrogens is 749 g/mol. The van der Waals surface area contributed by atoms with Crippen molar-refractivity contribution in [2.24, 2.45) is 0 Å². The maximum atomic E-state index is 13.2. The minimum Gasteiger partial charge on any atom is -0.507 e. The quantitative estimate of drug-likeness (QED) is 0.177. The van der Waals surface area contributed by atoms with Crippen LogP contribution < -0.4 is 9.47 Å². The number of benzene rings is 4. The average Bonchev–Trinajstić information content (AvgIpc) is 3.11. The van der Waals surface area contributed by atoms with Crippen LogP contribution in [-0.4, -0.2) is 73.2 Å². The van der Waals surface area contributed by atoms with E-state index in [2.05, 4.69) is 132 Å². The fourth-order valence-electron chi connectivity index (χ4n) is 7.54. The van der Waals surface area contributed by atoms with Gasteiger partial charge in [0.1, 0.15) is 23.0 Å². The Morgan fingerprint density at radius 1 is 0.433 bits per heavy atom. The standard InChI is InChI=1S/C52H70N2O6/c1-49(2,3)39-21-31-17-32-22-40(50(4,5)6)24-34(46(32)58)19-36-26-42(52(10,11)12)28-38(48(36)60-30-44(56)54(15)16)20-37-27-41(51(7,8)9)25-35(18-33(23-39)45(31)57)47(37)59-29-43(55)53(13)14/h21-28,57-58H,17-20,29-30H2,1-16H3. The van der Waals surface area contributed by atoms with Crippen LogP contribution in [-0.2, 0) is 56.9 Å². The number of amides is 2. The molecule has 0 spiro atoms. The Kier molecular flexibility index (Phi) is 12.9. The molecule has 0 saturated heterocycles. The second kappa shape index (κ2) is 16.8. The zero-order valence-electron chi connectivity index (χ0n) is 39.3. The van der Waals surface area contributed by atoms with Crippen LogP contribution in [0, 0.1) is 0 Å². The van der Waals surface area contributed by atoms with Crippen molar-refractivity contribution < 1.29 is 29.3 Å². The van der Waals surface area contributed by atoms with Crippen LogP contribution in [0.5, 0.6) is 23.0 Å². The van der Waals surface area contributed by atoms with Gasteiger partial charge in [0.15, 0.2) is 13.2 Å². The van der Waals surface area contributed by atoms with Gasteiger partial charge in [-0.15, -0.1) is 0 Å². The smallest absolute Gasteiger partial charge is 0.259 e. The molecule has 60 heavy (non-hydrogen) atoms. The summed E-state index contributed by atoms with van der Waals surface area (Å²) in [6.45, 7) is 25.7. The normalized spacial score (nSPS) is 13.5. The Morgan fingerprint density at radius 3 is 0.850 bits per heavy atom. The van der Waals surface area contributed by atoms with Gasteiger partial charge in [-0.05, 0) is 88.4 Å². The first-order valence-electron chi connectivity index (χ1n) is 21.2. The SMILES string of the molecule is CN(C)C(=O)COc1c2cc(C(C)(C)C)cc1Cc1cc(C(C)(C)C)cc(c1OCC(=O)N(C)C)Cc1cc(C(C)(C)C)cc(c1O)Cc1cc(C(C)(C)C)cc(c1O)C2. The molecule has 0 unspecified atom stereocenters. The highest BCUT2D eigenvalue weighted by Crippen LogP contribution is 2.44. The number of likely N-dealkylation sites (N-methyl/N-ethyl adjacent to an activating group) is 2. The molecule has 0 atom stereocenters. The minimum absolute atomic E-state index is 0.168. The van der Waals surface area contributed by atoms with E-state index < -0.39 is 0 Å². The van der Waals surface area contributed by atoms with E-state index in [-0.39, 0.29) is 58.2 Å². The van der Waals surface area contributed by atoms with Crippen LogP contribution in [0.25, 0.3) is 0 Å². The summed E-state index contributed by atoms with van der Waals surface area (Å²) in [7, 11) is 6.86. The molecule has 0 aromatic heterocycles. The maximum Gasteiger partial charge on any atom is 0.259 e. The Labute approximate surface area is 359 Å². The molecule has 0 saturated carbocycles. The predicted molar refractivity (Wildman–Crippen MR) is 243 cm³/mol. The summed E-state index contributed by atoms with van der Waals surface area (Å²) < 4.78 is 13.3. The van der Waals surface area contributed by atoms with Crippen molar-refractivity contribution in [2.45, 2.75) is 130 Å². The van der Waals surface area contributed by atoms with Gasteiger partial charge in [-0.1, -0.05) is 132 Å². The molecule has 324 valence electrons. The first kappa shape index (κ1) is 46.1. The molecule has 8 nitrogen and oxygen atoms in total. The van der Waals surface area contributed by atoms with Crippen LogP contribution >= 0.6 is 0 Å². The van der Waals surface area contributed by atoms with Gasteiger partial charge in [0.05, 0.1) is 0 Å². The molecular formula is C52H70N2O6. The number of nitrogens with zero attached hydrogens (tertiary/aromatic N) is 2. The molecule has 5 rings (SSSR count). The van der Waals surface area contributed by atoms with Gasteiger partial charge in [-0.3, -0.25) is 9.59 Å². The van der Waals surface area contributed by atoms with Crippen LogP contribution in [0.15, 0.2) is 48.5 Å². The summed E-state index contributed by atoms with van der Waals surface area (Å²) in [6, 6.07) is 17.0. The second-order valence-electron chi connectivity index (χ2n) is 21.4. The predicted octanol–water partition coefficient (Wildman–Crippen LogP) is 9.90. The van der Waals surface area contributed by atoms with Crippen LogP contribution in [0.2, 0.25) is 0 Å². The molecule has 0 fully saturated rings. The van der Waals surface area contributed by atoms with E-state index in [1.165, 1.54) is 9.80 Å². The van der Waals surface area contributed by atoms with E-state index >= 15 is 0 Å². The topological polar surface area (TPSA) is 99.5 Å². The number of carbonyl (C=O) groups excluding carboxylic acids is 2. The number of fused-ring (bicyclic) bond motifs is 8. The largest absolute Gasteiger partial charge is 0.507 e. The number of phenolic OH excluding ortho intramolecular Hbond substituents is 2. The molecule has 0 radical (unpaired) electrons. The van der Waals surface area contributed by atoms with Gasteiger partial charge in [0.25, 0.3) is 11.8 Å². The van der Waals surface area contributed by atoms with Crippen molar-refractivity contribution in [3.05, 3.63) is 115 Å². The van der Waals surface area contributed by atoms with Crippen molar-refractivity contribution in [2.75, 3.05) is 41.4 Å². The van der Waals surface area contributed by atoms with Crippen molar-refractivity contribution in [3.8, 4) is 23.0 Å². The number of aromatic hydroxyl groups is 2. The molecule has 0 aliphatic heterocycles. The lowest BCUT2D eigenvalue weighted by molar-refractivity contribution is -0.131. The Bertz CT molecular complexity index is 2110. The van der Waals surface area contributed by atoms with E-state index in [0.717, 1.165) is 66.8 Å². The molecule has 4 aromatic rings. The fraction of sp³-hybridized carbons (Fsp3) is 0.500.